The van der Waals surface area contributed by atoms with E-state index in [1.807, 2.05) is 0 Å². The quantitative estimate of drug-likeness (QED) is 0.551. The van der Waals surface area contributed by atoms with Gasteiger partial charge in [-0.3, -0.25) is 14.7 Å². The standard InChI is InChI=1S/C18H26N6O3/c1-2-8-27-15-6-5-12(17(25)20-10-16-21-11-22-24-16)9-14(15)23-18(26)13-4-3-7-19-13/h3-4,7,11-12,14-15,19H,2,5-6,8-10H2,1H3,(H,20,25)(H,23,26)(H,21,22,24)/t12-,14+,15+/m0/s1. The van der Waals surface area contributed by atoms with Crippen LogP contribution in [0.2, 0.25) is 0 Å². The van der Waals surface area contributed by atoms with Crippen LogP contribution >= 0.6 is 0 Å². The number of ether oxygens (including phenoxy) is 1. The molecule has 146 valence electrons. The van der Waals surface area contributed by atoms with E-state index in [0.29, 0.717) is 31.1 Å². The number of hydrogen-bond acceptors (Lipinski definition) is 5. The Hall–Kier alpha value is -2.68. The lowest BCUT2D eigenvalue weighted by molar-refractivity contribution is -0.127. The molecule has 0 unspecified atom stereocenters. The van der Waals surface area contributed by atoms with Crippen LogP contribution < -0.4 is 10.6 Å². The van der Waals surface area contributed by atoms with Gasteiger partial charge in [0.2, 0.25) is 5.91 Å². The number of hydrogen-bond donors (Lipinski definition) is 4. The summed E-state index contributed by atoms with van der Waals surface area (Å²) in [5.41, 5.74) is 0.501. The van der Waals surface area contributed by atoms with Crippen LogP contribution in [0.1, 0.15) is 48.9 Å². The lowest BCUT2D eigenvalue weighted by Crippen LogP contribution is -2.50. The highest BCUT2D eigenvalue weighted by Gasteiger charge is 2.35. The average molecular weight is 374 g/mol. The minimum absolute atomic E-state index is 0.0422. The van der Waals surface area contributed by atoms with Crippen molar-refractivity contribution in [1.82, 2.24) is 30.8 Å². The first kappa shape index (κ1) is 19.1. The molecule has 0 bridgehead atoms. The topological polar surface area (TPSA) is 125 Å². The second kappa shape index (κ2) is 9.31. The summed E-state index contributed by atoms with van der Waals surface area (Å²) in [6, 6.07) is 3.30. The predicted molar refractivity (Wildman–Crippen MR) is 97.6 cm³/mol. The number of aromatic amines is 2. The van der Waals surface area contributed by atoms with Crippen LogP contribution in [-0.2, 0) is 16.1 Å². The van der Waals surface area contributed by atoms with Crippen LogP contribution in [0.4, 0.5) is 0 Å². The summed E-state index contributed by atoms with van der Waals surface area (Å²) in [7, 11) is 0. The molecule has 2 heterocycles. The number of aromatic nitrogens is 4. The Balaban J connectivity index is 1.59. The van der Waals surface area contributed by atoms with Gasteiger partial charge in [-0.2, -0.15) is 5.10 Å². The highest BCUT2D eigenvalue weighted by molar-refractivity contribution is 5.92. The van der Waals surface area contributed by atoms with E-state index >= 15 is 0 Å². The fourth-order valence-electron chi connectivity index (χ4n) is 3.35. The molecule has 0 saturated heterocycles. The third kappa shape index (κ3) is 5.16. The maximum atomic E-state index is 12.5. The van der Waals surface area contributed by atoms with Gasteiger partial charge in [0.25, 0.3) is 5.91 Å². The fraction of sp³-hybridized carbons (Fsp3) is 0.556. The Morgan fingerprint density at radius 2 is 2.26 bits per heavy atom. The van der Waals surface area contributed by atoms with Crippen LogP contribution in [0.15, 0.2) is 24.7 Å². The first-order valence-corrected chi connectivity index (χ1v) is 9.35. The Kier molecular flexibility index (Phi) is 6.59. The largest absolute Gasteiger partial charge is 0.376 e. The van der Waals surface area contributed by atoms with Gasteiger partial charge in [0.05, 0.1) is 18.7 Å². The summed E-state index contributed by atoms with van der Waals surface area (Å²) in [4.78, 5) is 31.9. The molecule has 9 heteroatoms. The van der Waals surface area contributed by atoms with Crippen LogP contribution in [0.3, 0.4) is 0 Å². The predicted octanol–water partition coefficient (Wildman–Crippen LogP) is 1.14. The molecule has 27 heavy (non-hydrogen) atoms. The molecule has 1 fully saturated rings. The minimum atomic E-state index is -0.206. The molecule has 4 N–H and O–H groups in total. The molecule has 0 aliphatic heterocycles. The number of nitrogens with one attached hydrogen (secondary N) is 4. The van der Waals surface area contributed by atoms with E-state index in [4.69, 9.17) is 4.74 Å². The van der Waals surface area contributed by atoms with Crippen LogP contribution in [0.5, 0.6) is 0 Å². The number of H-pyrrole nitrogens is 2. The molecule has 1 aliphatic carbocycles. The molecule has 2 amide bonds. The van der Waals surface area contributed by atoms with Crippen molar-refractivity contribution in [3.8, 4) is 0 Å². The maximum absolute atomic E-state index is 12.5. The van der Waals surface area contributed by atoms with Crippen molar-refractivity contribution in [2.45, 2.75) is 51.3 Å². The van der Waals surface area contributed by atoms with Gasteiger partial charge in [0.15, 0.2) is 0 Å². The van der Waals surface area contributed by atoms with Gasteiger partial charge in [0, 0.05) is 18.7 Å². The van der Waals surface area contributed by atoms with Gasteiger partial charge in [-0.05, 0) is 37.8 Å². The second-order valence-electron chi connectivity index (χ2n) is 6.73. The highest BCUT2D eigenvalue weighted by Crippen LogP contribution is 2.27. The average Bonchev–Trinajstić information content (AvgIpc) is 3.38. The molecular formula is C18H26N6O3. The molecule has 1 saturated carbocycles. The number of rotatable bonds is 8. The van der Waals surface area contributed by atoms with Crippen LogP contribution in [-0.4, -0.2) is 50.7 Å². The molecule has 0 spiro atoms. The van der Waals surface area contributed by atoms with E-state index in [1.54, 1.807) is 18.3 Å². The molecule has 9 nitrogen and oxygen atoms in total. The van der Waals surface area contributed by atoms with Crippen LogP contribution in [0.25, 0.3) is 0 Å². The van der Waals surface area contributed by atoms with Gasteiger partial charge in [-0.1, -0.05) is 6.92 Å². The van der Waals surface area contributed by atoms with Crippen molar-refractivity contribution in [3.63, 3.8) is 0 Å². The van der Waals surface area contributed by atoms with Gasteiger partial charge < -0.3 is 20.4 Å². The summed E-state index contributed by atoms with van der Waals surface area (Å²) in [6.07, 6.45) is 5.95. The molecule has 3 atom stereocenters. The van der Waals surface area contributed by atoms with Crippen molar-refractivity contribution >= 4 is 11.8 Å². The molecule has 2 aromatic heterocycles. The number of carbonyl (C=O) groups excluding carboxylic acids is 2. The number of carbonyl (C=O) groups is 2. The Bertz CT molecular complexity index is 716. The summed E-state index contributed by atoms with van der Waals surface area (Å²) >= 11 is 0. The van der Waals surface area contributed by atoms with Gasteiger partial charge >= 0.3 is 0 Å². The van der Waals surface area contributed by atoms with Crippen molar-refractivity contribution in [1.29, 1.82) is 0 Å². The lowest BCUT2D eigenvalue weighted by Gasteiger charge is -2.35. The third-order valence-electron chi connectivity index (χ3n) is 4.75. The van der Waals surface area contributed by atoms with Crippen LogP contribution in [0, 0.1) is 5.92 Å². The van der Waals surface area contributed by atoms with E-state index < -0.39 is 0 Å². The summed E-state index contributed by atoms with van der Waals surface area (Å²) in [5.74, 6) is 0.209. The molecule has 3 rings (SSSR count). The van der Waals surface area contributed by atoms with Gasteiger partial charge in [-0.15, -0.1) is 0 Å². The highest BCUT2D eigenvalue weighted by atomic mass is 16.5. The summed E-state index contributed by atoms with van der Waals surface area (Å²) in [5, 5.41) is 12.4. The normalized spacial score (nSPS) is 22.3. The van der Waals surface area contributed by atoms with E-state index in [1.165, 1.54) is 6.33 Å². The number of amides is 2. The van der Waals surface area contributed by atoms with Crippen molar-refractivity contribution in [3.05, 3.63) is 36.2 Å². The first-order valence-electron chi connectivity index (χ1n) is 9.35. The minimum Gasteiger partial charge on any atom is -0.376 e. The molecular weight excluding hydrogens is 348 g/mol. The molecule has 0 radical (unpaired) electrons. The van der Waals surface area contributed by atoms with Gasteiger partial charge in [-0.25, -0.2) is 4.98 Å². The van der Waals surface area contributed by atoms with E-state index in [0.717, 1.165) is 19.3 Å². The molecule has 1 aliphatic rings. The second-order valence-corrected chi connectivity index (χ2v) is 6.73. The Labute approximate surface area is 157 Å². The van der Waals surface area contributed by atoms with E-state index in [-0.39, 0.29) is 29.9 Å². The molecule has 0 aromatic carbocycles. The smallest absolute Gasteiger partial charge is 0.267 e. The van der Waals surface area contributed by atoms with Crippen molar-refractivity contribution in [2.75, 3.05) is 6.61 Å². The zero-order chi connectivity index (χ0) is 19.1. The van der Waals surface area contributed by atoms with Crippen molar-refractivity contribution in [2.24, 2.45) is 5.92 Å². The SMILES string of the molecule is CCCO[C@@H]1CC[C@H](C(=O)NCc2ncn[nH]2)C[C@H]1NC(=O)c1ccc[nH]1. The van der Waals surface area contributed by atoms with E-state index in [9.17, 15) is 9.59 Å². The Morgan fingerprint density at radius 3 is 2.96 bits per heavy atom. The third-order valence-corrected chi connectivity index (χ3v) is 4.75. The van der Waals surface area contributed by atoms with E-state index in [2.05, 4.69) is 37.7 Å². The maximum Gasteiger partial charge on any atom is 0.267 e. The number of nitrogens with zero attached hydrogens (tertiary/aromatic N) is 2. The fourth-order valence-corrected chi connectivity index (χ4v) is 3.35. The zero-order valence-electron chi connectivity index (χ0n) is 15.4. The summed E-state index contributed by atoms with van der Waals surface area (Å²) < 4.78 is 5.93. The van der Waals surface area contributed by atoms with Gasteiger partial charge in [0.1, 0.15) is 17.8 Å². The Morgan fingerprint density at radius 1 is 1.37 bits per heavy atom. The summed E-state index contributed by atoms with van der Waals surface area (Å²) in [6.45, 7) is 3.00. The zero-order valence-corrected chi connectivity index (χ0v) is 15.4. The first-order chi connectivity index (χ1) is 13.2. The lowest BCUT2D eigenvalue weighted by atomic mass is 9.83. The monoisotopic (exact) mass is 374 g/mol. The molecule has 2 aromatic rings. The van der Waals surface area contributed by atoms with Crippen molar-refractivity contribution < 1.29 is 14.3 Å².